The maximum Gasteiger partial charge on any atom is 0.0855 e. The Morgan fingerprint density at radius 2 is 2.38 bits per heavy atom. The molecule has 0 aromatic rings. The van der Waals surface area contributed by atoms with Gasteiger partial charge in [-0.1, -0.05) is 32.8 Å². The van der Waals surface area contributed by atoms with Crippen LogP contribution in [-0.4, -0.2) is 10.7 Å². The molecular weight excluding hydrogens is 160 g/mol. The van der Waals surface area contributed by atoms with Gasteiger partial charge < -0.3 is 5.11 Å². The minimum absolute atomic E-state index is 0.449. The van der Waals surface area contributed by atoms with E-state index >= 15 is 0 Å². The summed E-state index contributed by atoms with van der Waals surface area (Å²) in [6, 6.07) is 0. The van der Waals surface area contributed by atoms with Crippen molar-refractivity contribution in [1.29, 1.82) is 0 Å². The molecule has 0 bridgehead atoms. The largest absolute Gasteiger partial charge is 0.386 e. The summed E-state index contributed by atoms with van der Waals surface area (Å²) < 4.78 is 0. The highest BCUT2D eigenvalue weighted by Gasteiger charge is 2.40. The zero-order chi connectivity index (χ0) is 9.90. The van der Waals surface area contributed by atoms with E-state index in [1.807, 2.05) is 0 Å². The predicted octanol–water partition coefficient (Wildman–Crippen LogP) is 3.14. The molecule has 1 fully saturated rings. The molecule has 0 saturated heterocycles. The molecule has 13 heavy (non-hydrogen) atoms. The Bertz CT molecular complexity index is 176. The van der Waals surface area contributed by atoms with Crippen LogP contribution in [0.3, 0.4) is 0 Å². The molecule has 1 heteroatoms. The highest BCUT2D eigenvalue weighted by Crippen LogP contribution is 2.42. The summed E-state index contributed by atoms with van der Waals surface area (Å²) in [5, 5.41) is 10.2. The second-order valence-corrected chi connectivity index (χ2v) is 4.46. The minimum Gasteiger partial charge on any atom is -0.386 e. The van der Waals surface area contributed by atoms with Crippen LogP contribution in [0.25, 0.3) is 0 Å². The van der Waals surface area contributed by atoms with Gasteiger partial charge in [-0.15, -0.1) is 6.58 Å². The van der Waals surface area contributed by atoms with Crippen LogP contribution in [0.4, 0.5) is 0 Å². The van der Waals surface area contributed by atoms with Gasteiger partial charge in [-0.2, -0.15) is 0 Å². The Labute approximate surface area is 81.9 Å². The summed E-state index contributed by atoms with van der Waals surface area (Å²) in [4.78, 5) is 0. The van der Waals surface area contributed by atoms with Crippen molar-refractivity contribution in [3.8, 4) is 0 Å². The normalized spacial score (nSPS) is 36.1. The Morgan fingerprint density at radius 3 is 2.92 bits per heavy atom. The Hall–Kier alpha value is -0.300. The summed E-state index contributed by atoms with van der Waals surface area (Å²) in [6.45, 7) is 8.22. The molecule has 0 amide bonds. The second kappa shape index (κ2) is 4.28. The highest BCUT2D eigenvalue weighted by molar-refractivity contribution is 5.05. The molecule has 0 aromatic heterocycles. The fourth-order valence-corrected chi connectivity index (χ4v) is 2.73. The van der Waals surface area contributed by atoms with Gasteiger partial charge in [0.25, 0.3) is 0 Å². The van der Waals surface area contributed by atoms with E-state index in [0.717, 1.165) is 12.8 Å². The molecule has 1 aliphatic rings. The van der Waals surface area contributed by atoms with E-state index in [2.05, 4.69) is 20.4 Å². The van der Waals surface area contributed by atoms with Gasteiger partial charge in [-0.3, -0.25) is 0 Å². The van der Waals surface area contributed by atoms with Crippen LogP contribution in [0.2, 0.25) is 0 Å². The average molecular weight is 182 g/mol. The van der Waals surface area contributed by atoms with E-state index in [1.165, 1.54) is 19.3 Å². The Balaban J connectivity index is 2.62. The number of aliphatic hydroxyl groups is 1. The van der Waals surface area contributed by atoms with Crippen molar-refractivity contribution in [2.75, 3.05) is 0 Å². The molecule has 1 aliphatic carbocycles. The van der Waals surface area contributed by atoms with Gasteiger partial charge in [0.05, 0.1) is 5.60 Å². The summed E-state index contributed by atoms with van der Waals surface area (Å²) in [5.74, 6) is 1.08. The van der Waals surface area contributed by atoms with Gasteiger partial charge in [0.15, 0.2) is 0 Å². The van der Waals surface area contributed by atoms with Gasteiger partial charge in [0, 0.05) is 0 Å². The molecule has 0 aromatic carbocycles. The highest BCUT2D eigenvalue weighted by atomic mass is 16.3. The third kappa shape index (κ3) is 2.14. The van der Waals surface area contributed by atoms with E-state index in [4.69, 9.17) is 0 Å². The smallest absolute Gasteiger partial charge is 0.0855 e. The monoisotopic (exact) mass is 182 g/mol. The quantitative estimate of drug-likeness (QED) is 0.662. The van der Waals surface area contributed by atoms with Crippen molar-refractivity contribution in [2.45, 2.75) is 51.6 Å². The fraction of sp³-hybridized carbons (Fsp3) is 0.833. The van der Waals surface area contributed by atoms with Crippen molar-refractivity contribution in [2.24, 2.45) is 11.8 Å². The summed E-state index contributed by atoms with van der Waals surface area (Å²) in [5.41, 5.74) is -0.561. The van der Waals surface area contributed by atoms with Crippen molar-refractivity contribution in [1.82, 2.24) is 0 Å². The molecule has 3 atom stereocenters. The predicted molar refractivity (Wildman–Crippen MR) is 56.6 cm³/mol. The topological polar surface area (TPSA) is 20.2 Å². The first-order chi connectivity index (χ1) is 6.14. The lowest BCUT2D eigenvalue weighted by Gasteiger charge is -2.31. The Kier molecular flexibility index (Phi) is 3.55. The third-order valence-electron chi connectivity index (χ3n) is 3.52. The molecule has 3 unspecified atom stereocenters. The molecular formula is C12H22O. The van der Waals surface area contributed by atoms with Gasteiger partial charge in [-0.05, 0) is 31.1 Å². The lowest BCUT2D eigenvalue weighted by atomic mass is 9.79. The number of hydrogen-bond donors (Lipinski definition) is 1. The second-order valence-electron chi connectivity index (χ2n) is 4.46. The van der Waals surface area contributed by atoms with Gasteiger partial charge in [0.1, 0.15) is 0 Å². The average Bonchev–Trinajstić information content (AvgIpc) is 2.49. The van der Waals surface area contributed by atoms with Gasteiger partial charge in [-0.25, -0.2) is 0 Å². The van der Waals surface area contributed by atoms with Crippen LogP contribution in [0.1, 0.15) is 46.0 Å². The van der Waals surface area contributed by atoms with E-state index in [0.29, 0.717) is 11.8 Å². The fourth-order valence-electron chi connectivity index (χ4n) is 2.73. The summed E-state index contributed by atoms with van der Waals surface area (Å²) >= 11 is 0. The van der Waals surface area contributed by atoms with Gasteiger partial charge >= 0.3 is 0 Å². The summed E-state index contributed by atoms with van der Waals surface area (Å²) in [7, 11) is 0. The van der Waals surface area contributed by atoms with Crippen molar-refractivity contribution >= 4 is 0 Å². The summed E-state index contributed by atoms with van der Waals surface area (Å²) in [6.07, 6.45) is 7.43. The zero-order valence-corrected chi connectivity index (χ0v) is 8.92. The van der Waals surface area contributed by atoms with Gasteiger partial charge in [0.2, 0.25) is 0 Å². The number of rotatable bonds is 4. The molecule has 1 rings (SSSR count). The minimum atomic E-state index is -0.561. The lowest BCUT2D eigenvalue weighted by molar-refractivity contribution is 0.0258. The molecule has 1 nitrogen and oxygen atoms in total. The van der Waals surface area contributed by atoms with Crippen LogP contribution in [-0.2, 0) is 0 Å². The molecule has 0 aliphatic heterocycles. The molecule has 1 saturated carbocycles. The van der Waals surface area contributed by atoms with Crippen LogP contribution in [0.15, 0.2) is 12.7 Å². The molecule has 0 spiro atoms. The Morgan fingerprint density at radius 1 is 1.69 bits per heavy atom. The van der Waals surface area contributed by atoms with E-state index < -0.39 is 5.60 Å². The maximum absolute atomic E-state index is 10.2. The third-order valence-corrected chi connectivity index (χ3v) is 3.52. The lowest BCUT2D eigenvalue weighted by Crippen LogP contribution is -2.34. The van der Waals surface area contributed by atoms with Crippen LogP contribution < -0.4 is 0 Å². The molecule has 76 valence electrons. The van der Waals surface area contributed by atoms with Crippen molar-refractivity contribution in [3.05, 3.63) is 12.7 Å². The SMILES string of the molecule is C=CC1(O)CCCC1C(C)CCC. The maximum atomic E-state index is 10.2. The van der Waals surface area contributed by atoms with Crippen molar-refractivity contribution < 1.29 is 5.11 Å². The van der Waals surface area contributed by atoms with Crippen LogP contribution >= 0.6 is 0 Å². The van der Waals surface area contributed by atoms with E-state index in [1.54, 1.807) is 6.08 Å². The number of hydrogen-bond acceptors (Lipinski definition) is 1. The molecule has 1 N–H and O–H groups in total. The zero-order valence-electron chi connectivity index (χ0n) is 8.92. The van der Waals surface area contributed by atoms with E-state index in [9.17, 15) is 5.11 Å². The standard InChI is InChI=1S/C12H22O/c1-4-7-10(3)11-8-6-9-12(11,13)5-2/h5,10-11,13H,2,4,6-9H2,1,3H3. The molecule has 0 radical (unpaired) electrons. The first kappa shape index (κ1) is 10.8. The van der Waals surface area contributed by atoms with Crippen molar-refractivity contribution in [3.63, 3.8) is 0 Å². The molecule has 0 heterocycles. The van der Waals surface area contributed by atoms with E-state index in [-0.39, 0.29) is 0 Å². The van der Waals surface area contributed by atoms with Crippen LogP contribution in [0, 0.1) is 11.8 Å². The van der Waals surface area contributed by atoms with Crippen LogP contribution in [0.5, 0.6) is 0 Å². The first-order valence-corrected chi connectivity index (χ1v) is 5.50. The first-order valence-electron chi connectivity index (χ1n) is 5.50.